The molecule has 0 N–H and O–H groups in total. The number of hydrogen-bond acceptors (Lipinski definition) is 3. The van der Waals surface area contributed by atoms with Crippen molar-refractivity contribution in [1.29, 1.82) is 0 Å². The van der Waals surface area contributed by atoms with E-state index < -0.39 is 0 Å². The maximum atomic E-state index is 12.3. The smallest absolute Gasteiger partial charge is 0.232 e. The van der Waals surface area contributed by atoms with Crippen molar-refractivity contribution >= 4 is 29.3 Å². The summed E-state index contributed by atoms with van der Waals surface area (Å²) < 4.78 is 5.30. The predicted molar refractivity (Wildman–Crippen MR) is 106 cm³/mol. The monoisotopic (exact) mass is 381 g/mol. The van der Waals surface area contributed by atoms with Crippen LogP contribution in [0.2, 0.25) is 5.02 Å². The number of halogens is 1. The SMILES string of the molecule is CC(SCC(=O)N1CCOCC1)c1ccc(C2CCCCC2)c(Cl)c1. The Balaban J connectivity index is 1.55. The molecule has 0 bridgehead atoms. The zero-order valence-corrected chi connectivity index (χ0v) is 16.6. The van der Waals surface area contributed by atoms with Crippen LogP contribution < -0.4 is 0 Å². The van der Waals surface area contributed by atoms with Crippen LogP contribution in [0.25, 0.3) is 0 Å². The number of ether oxygens (including phenoxy) is 1. The zero-order chi connectivity index (χ0) is 17.6. The minimum Gasteiger partial charge on any atom is -0.378 e. The molecule has 1 aromatic carbocycles. The van der Waals surface area contributed by atoms with Crippen molar-refractivity contribution in [3.8, 4) is 0 Å². The van der Waals surface area contributed by atoms with E-state index in [0.717, 1.165) is 18.1 Å². The molecule has 0 radical (unpaired) electrons. The minimum atomic E-state index is 0.213. The molecule has 3 rings (SSSR count). The van der Waals surface area contributed by atoms with Crippen LogP contribution in [-0.4, -0.2) is 42.9 Å². The van der Waals surface area contributed by atoms with Crippen LogP contribution in [0.1, 0.15) is 61.3 Å². The molecule has 5 heteroatoms. The van der Waals surface area contributed by atoms with E-state index in [1.807, 2.05) is 4.90 Å². The lowest BCUT2D eigenvalue weighted by molar-refractivity contribution is -0.132. The van der Waals surface area contributed by atoms with E-state index in [0.29, 0.717) is 24.9 Å². The second-order valence-electron chi connectivity index (χ2n) is 7.06. The maximum Gasteiger partial charge on any atom is 0.232 e. The lowest BCUT2D eigenvalue weighted by atomic mass is 9.84. The highest BCUT2D eigenvalue weighted by Crippen LogP contribution is 2.38. The summed E-state index contributed by atoms with van der Waals surface area (Å²) in [5, 5.41) is 1.17. The van der Waals surface area contributed by atoms with Gasteiger partial charge in [0.1, 0.15) is 0 Å². The summed E-state index contributed by atoms with van der Waals surface area (Å²) in [5.74, 6) is 1.36. The van der Waals surface area contributed by atoms with Gasteiger partial charge in [-0.25, -0.2) is 0 Å². The van der Waals surface area contributed by atoms with Gasteiger partial charge in [0, 0.05) is 23.4 Å². The van der Waals surface area contributed by atoms with Crippen LogP contribution in [0.5, 0.6) is 0 Å². The van der Waals surface area contributed by atoms with Gasteiger partial charge in [0.05, 0.1) is 19.0 Å². The molecular weight excluding hydrogens is 354 g/mol. The van der Waals surface area contributed by atoms with Crippen LogP contribution in [0.15, 0.2) is 18.2 Å². The number of amides is 1. The number of thioether (sulfide) groups is 1. The fourth-order valence-electron chi connectivity index (χ4n) is 3.74. The van der Waals surface area contributed by atoms with Gasteiger partial charge >= 0.3 is 0 Å². The first-order chi connectivity index (χ1) is 12.1. The van der Waals surface area contributed by atoms with Gasteiger partial charge in [-0.05, 0) is 42.9 Å². The van der Waals surface area contributed by atoms with Gasteiger partial charge in [0.15, 0.2) is 0 Å². The Morgan fingerprint density at radius 2 is 2.00 bits per heavy atom. The van der Waals surface area contributed by atoms with Gasteiger partial charge in [-0.1, -0.05) is 43.0 Å². The summed E-state index contributed by atoms with van der Waals surface area (Å²) in [5.41, 5.74) is 2.52. The molecule has 1 aliphatic carbocycles. The fraction of sp³-hybridized carbons (Fsp3) is 0.650. The number of carbonyl (C=O) groups is 1. The normalized spacial score (nSPS) is 20.5. The van der Waals surface area contributed by atoms with Gasteiger partial charge in [0.2, 0.25) is 5.91 Å². The van der Waals surface area contributed by atoms with E-state index in [9.17, 15) is 4.79 Å². The van der Waals surface area contributed by atoms with Gasteiger partial charge in [-0.2, -0.15) is 0 Å². The van der Waals surface area contributed by atoms with Crippen molar-refractivity contribution in [1.82, 2.24) is 4.90 Å². The Morgan fingerprint density at radius 1 is 1.28 bits per heavy atom. The Hall–Kier alpha value is -0.710. The van der Waals surface area contributed by atoms with E-state index >= 15 is 0 Å². The Kier molecular flexibility index (Phi) is 7.08. The van der Waals surface area contributed by atoms with Crippen LogP contribution in [-0.2, 0) is 9.53 Å². The van der Waals surface area contributed by atoms with Gasteiger partial charge in [-0.15, -0.1) is 11.8 Å². The molecule has 3 nitrogen and oxygen atoms in total. The Bertz CT molecular complexity index is 583. The molecule has 1 saturated heterocycles. The quantitative estimate of drug-likeness (QED) is 0.715. The number of morpholine rings is 1. The molecule has 1 amide bonds. The van der Waals surface area contributed by atoms with Crippen LogP contribution in [0.3, 0.4) is 0 Å². The standard InChI is InChI=1S/C20H28ClNO2S/c1-15(25-14-20(23)22-9-11-24-12-10-22)17-7-8-18(19(21)13-17)16-5-3-2-4-6-16/h7-8,13,15-16H,2-6,9-12,14H2,1H3. The van der Waals surface area contributed by atoms with Crippen molar-refractivity contribution in [2.75, 3.05) is 32.1 Å². The number of rotatable bonds is 5. The van der Waals surface area contributed by atoms with Crippen LogP contribution >= 0.6 is 23.4 Å². The summed E-state index contributed by atoms with van der Waals surface area (Å²) in [6, 6.07) is 6.53. The molecule has 1 unspecified atom stereocenters. The molecule has 1 aromatic rings. The molecule has 1 atom stereocenters. The Morgan fingerprint density at radius 3 is 2.68 bits per heavy atom. The molecule has 1 saturated carbocycles. The van der Waals surface area contributed by atoms with Crippen molar-refractivity contribution in [3.63, 3.8) is 0 Å². The van der Waals surface area contributed by atoms with Crippen LogP contribution in [0.4, 0.5) is 0 Å². The van der Waals surface area contributed by atoms with Gasteiger partial charge < -0.3 is 9.64 Å². The molecule has 2 fully saturated rings. The molecule has 138 valence electrons. The van der Waals surface area contributed by atoms with E-state index in [-0.39, 0.29) is 11.2 Å². The number of carbonyl (C=O) groups excluding carboxylic acids is 1. The molecule has 1 heterocycles. The van der Waals surface area contributed by atoms with E-state index in [2.05, 4.69) is 25.1 Å². The first-order valence-electron chi connectivity index (χ1n) is 9.41. The first kappa shape index (κ1) is 19.1. The third-order valence-electron chi connectivity index (χ3n) is 5.36. The summed E-state index contributed by atoms with van der Waals surface area (Å²) in [6.45, 7) is 4.91. The van der Waals surface area contributed by atoms with Crippen molar-refractivity contribution in [2.45, 2.75) is 50.2 Å². The van der Waals surface area contributed by atoms with Gasteiger partial charge in [-0.3, -0.25) is 4.79 Å². The third-order valence-corrected chi connectivity index (χ3v) is 6.87. The molecule has 2 aliphatic rings. The van der Waals surface area contributed by atoms with Crippen molar-refractivity contribution in [3.05, 3.63) is 34.3 Å². The molecule has 25 heavy (non-hydrogen) atoms. The molecule has 0 aromatic heterocycles. The Labute approximate surface area is 160 Å². The summed E-state index contributed by atoms with van der Waals surface area (Å²) in [4.78, 5) is 14.2. The first-order valence-corrected chi connectivity index (χ1v) is 10.8. The van der Waals surface area contributed by atoms with Crippen molar-refractivity contribution < 1.29 is 9.53 Å². The highest BCUT2D eigenvalue weighted by atomic mass is 35.5. The second kappa shape index (κ2) is 9.29. The minimum absolute atomic E-state index is 0.213. The lowest BCUT2D eigenvalue weighted by Crippen LogP contribution is -2.41. The highest BCUT2D eigenvalue weighted by Gasteiger charge is 2.20. The van der Waals surface area contributed by atoms with E-state index in [1.54, 1.807) is 11.8 Å². The third kappa shape index (κ3) is 5.15. The second-order valence-corrected chi connectivity index (χ2v) is 8.80. The van der Waals surface area contributed by atoms with Gasteiger partial charge in [0.25, 0.3) is 0 Å². The lowest BCUT2D eigenvalue weighted by Gasteiger charge is -2.27. The zero-order valence-electron chi connectivity index (χ0n) is 15.0. The topological polar surface area (TPSA) is 29.5 Å². The fourth-order valence-corrected chi connectivity index (χ4v) is 4.99. The van der Waals surface area contributed by atoms with E-state index in [4.69, 9.17) is 16.3 Å². The average Bonchev–Trinajstić information content (AvgIpc) is 2.67. The molecular formula is C20H28ClNO2S. The van der Waals surface area contributed by atoms with Crippen molar-refractivity contribution in [2.24, 2.45) is 0 Å². The number of hydrogen-bond donors (Lipinski definition) is 0. The molecule has 1 aliphatic heterocycles. The summed E-state index contributed by atoms with van der Waals surface area (Å²) in [7, 11) is 0. The summed E-state index contributed by atoms with van der Waals surface area (Å²) >= 11 is 8.28. The maximum absolute atomic E-state index is 12.3. The highest BCUT2D eigenvalue weighted by molar-refractivity contribution is 8.00. The molecule has 0 spiro atoms. The van der Waals surface area contributed by atoms with Crippen LogP contribution in [0, 0.1) is 0 Å². The van der Waals surface area contributed by atoms with E-state index in [1.165, 1.54) is 43.2 Å². The summed E-state index contributed by atoms with van der Waals surface area (Å²) in [6.07, 6.45) is 6.52. The number of benzene rings is 1. The largest absolute Gasteiger partial charge is 0.378 e. The number of nitrogens with zero attached hydrogens (tertiary/aromatic N) is 1. The average molecular weight is 382 g/mol. The predicted octanol–water partition coefficient (Wildman–Crippen LogP) is 5.04.